The topological polar surface area (TPSA) is 37.4 Å². The van der Waals surface area contributed by atoms with Gasteiger partial charge in [0.1, 0.15) is 5.82 Å². The van der Waals surface area contributed by atoms with E-state index in [2.05, 4.69) is 0 Å². The third-order valence-corrected chi connectivity index (χ3v) is 5.85. The van der Waals surface area contributed by atoms with Crippen molar-refractivity contribution in [2.45, 2.75) is 45.2 Å². The van der Waals surface area contributed by atoms with Gasteiger partial charge in [-0.2, -0.15) is 13.2 Å². The van der Waals surface area contributed by atoms with Gasteiger partial charge in [-0.1, -0.05) is 38.1 Å². The van der Waals surface area contributed by atoms with E-state index in [1.54, 1.807) is 6.07 Å². The lowest BCUT2D eigenvalue weighted by Crippen LogP contribution is -2.44. The van der Waals surface area contributed by atoms with Crippen LogP contribution in [0, 0.1) is 11.2 Å². The van der Waals surface area contributed by atoms with Crippen LogP contribution in [0.15, 0.2) is 59.8 Å². The first-order valence-corrected chi connectivity index (χ1v) is 9.99. The van der Waals surface area contributed by atoms with Crippen molar-refractivity contribution in [3.8, 4) is 0 Å². The lowest BCUT2D eigenvalue weighted by Gasteiger charge is -2.43. The first-order valence-electron chi connectivity index (χ1n) is 9.99. The number of rotatable bonds is 2. The number of Topliss-reactive ketones (excluding diaryl/α,β-unsaturated/α-hetero) is 1. The number of halogens is 4. The fourth-order valence-electron chi connectivity index (χ4n) is 4.65. The van der Waals surface area contributed by atoms with Gasteiger partial charge in [0.15, 0.2) is 5.78 Å². The van der Waals surface area contributed by atoms with Crippen molar-refractivity contribution < 1.29 is 27.2 Å². The normalized spacial score (nSPS) is 21.4. The average Bonchev–Trinajstić information content (AvgIpc) is 2.65. The second-order valence-electron chi connectivity index (χ2n) is 8.85. The van der Waals surface area contributed by atoms with Crippen LogP contribution in [0.3, 0.4) is 0 Å². The number of anilines is 1. The van der Waals surface area contributed by atoms with Gasteiger partial charge in [-0.25, -0.2) is 4.39 Å². The van der Waals surface area contributed by atoms with Crippen LogP contribution >= 0.6 is 0 Å². The summed E-state index contributed by atoms with van der Waals surface area (Å²) in [7, 11) is 0. The van der Waals surface area contributed by atoms with Crippen molar-refractivity contribution >= 4 is 17.4 Å². The van der Waals surface area contributed by atoms with E-state index in [-0.39, 0.29) is 35.4 Å². The van der Waals surface area contributed by atoms with Crippen molar-refractivity contribution in [3.05, 3.63) is 76.7 Å². The molecule has 1 atom stereocenters. The minimum absolute atomic E-state index is 0.0807. The van der Waals surface area contributed by atoms with Crippen LogP contribution in [-0.2, 0) is 15.8 Å². The van der Waals surface area contributed by atoms with Gasteiger partial charge < -0.3 is 0 Å². The first-order chi connectivity index (χ1) is 14.5. The second-order valence-corrected chi connectivity index (χ2v) is 8.85. The Balaban J connectivity index is 1.94. The summed E-state index contributed by atoms with van der Waals surface area (Å²) in [5.41, 5.74) is -0.553. The van der Waals surface area contributed by atoms with Crippen molar-refractivity contribution in [3.63, 3.8) is 0 Å². The van der Waals surface area contributed by atoms with E-state index < -0.39 is 34.8 Å². The molecule has 0 saturated carbocycles. The molecule has 0 bridgehead atoms. The molecule has 0 N–H and O–H groups in total. The molecule has 3 nitrogen and oxygen atoms in total. The molecule has 0 spiro atoms. The minimum Gasteiger partial charge on any atom is -0.294 e. The highest BCUT2D eigenvalue weighted by atomic mass is 19.4. The van der Waals surface area contributed by atoms with Crippen LogP contribution in [0.2, 0.25) is 0 Å². The van der Waals surface area contributed by atoms with Gasteiger partial charge in [0, 0.05) is 30.0 Å². The molecule has 162 valence electrons. The molecule has 31 heavy (non-hydrogen) atoms. The Kier molecular flexibility index (Phi) is 5.03. The number of allylic oxidation sites excluding steroid dienone is 2. The molecule has 0 saturated heterocycles. The average molecular weight is 431 g/mol. The van der Waals surface area contributed by atoms with Gasteiger partial charge >= 0.3 is 6.18 Å². The number of hydrogen-bond acceptors (Lipinski definition) is 2. The highest BCUT2D eigenvalue weighted by Crippen LogP contribution is 2.49. The van der Waals surface area contributed by atoms with E-state index in [0.717, 1.165) is 6.07 Å². The van der Waals surface area contributed by atoms with E-state index in [1.807, 2.05) is 13.8 Å². The smallest absolute Gasteiger partial charge is 0.294 e. The monoisotopic (exact) mass is 431 g/mol. The number of carbonyl (C=O) groups excluding carboxylic acids is 2. The molecular weight excluding hydrogens is 410 g/mol. The molecule has 7 heteroatoms. The Morgan fingerprint density at radius 1 is 1.00 bits per heavy atom. The zero-order chi connectivity index (χ0) is 22.6. The lowest BCUT2D eigenvalue weighted by molar-refractivity contribution is -0.138. The predicted molar refractivity (Wildman–Crippen MR) is 108 cm³/mol. The third kappa shape index (κ3) is 3.89. The van der Waals surface area contributed by atoms with Gasteiger partial charge in [-0.15, -0.1) is 0 Å². The van der Waals surface area contributed by atoms with Crippen molar-refractivity contribution in [2.75, 3.05) is 4.90 Å². The molecule has 1 aliphatic carbocycles. The van der Waals surface area contributed by atoms with Crippen LogP contribution in [0.4, 0.5) is 23.2 Å². The van der Waals surface area contributed by atoms with Crippen LogP contribution in [0.25, 0.3) is 0 Å². The number of alkyl halides is 3. The van der Waals surface area contributed by atoms with E-state index in [1.165, 1.54) is 41.3 Å². The van der Waals surface area contributed by atoms with Crippen LogP contribution in [0.1, 0.15) is 50.2 Å². The number of nitrogens with zero attached hydrogens (tertiary/aromatic N) is 1. The SMILES string of the molecule is CC1(C)CC(=O)C2=C(C1)N(c1cccc(F)c1)C(=O)CC2c1ccccc1C(F)(F)F. The maximum atomic E-state index is 13.9. The molecule has 0 aromatic heterocycles. The van der Waals surface area contributed by atoms with Gasteiger partial charge in [-0.05, 0) is 41.7 Å². The highest BCUT2D eigenvalue weighted by molar-refractivity contribution is 6.07. The quantitative estimate of drug-likeness (QED) is 0.547. The number of ketones is 1. The van der Waals surface area contributed by atoms with Crippen LogP contribution < -0.4 is 4.90 Å². The van der Waals surface area contributed by atoms with E-state index in [9.17, 15) is 27.2 Å². The summed E-state index contributed by atoms with van der Waals surface area (Å²) in [6.07, 6.45) is -4.42. The molecule has 2 aromatic carbocycles. The Bertz CT molecular complexity index is 1100. The molecule has 1 unspecified atom stereocenters. The largest absolute Gasteiger partial charge is 0.416 e. The Morgan fingerprint density at radius 2 is 1.71 bits per heavy atom. The fraction of sp³-hybridized carbons (Fsp3) is 0.333. The zero-order valence-electron chi connectivity index (χ0n) is 17.1. The maximum absolute atomic E-state index is 13.9. The Morgan fingerprint density at radius 3 is 2.39 bits per heavy atom. The maximum Gasteiger partial charge on any atom is 0.416 e. The standard InChI is InChI=1S/C24H21F4NO2/c1-23(2)12-19-22(20(30)13-23)17(16-8-3-4-9-18(16)24(26,27)28)11-21(31)29(19)15-7-5-6-14(25)10-15/h3-10,17H,11-13H2,1-2H3. The summed E-state index contributed by atoms with van der Waals surface area (Å²) in [6.45, 7) is 3.74. The van der Waals surface area contributed by atoms with Gasteiger partial charge in [-0.3, -0.25) is 14.5 Å². The van der Waals surface area contributed by atoms with E-state index in [0.29, 0.717) is 12.1 Å². The fourth-order valence-corrected chi connectivity index (χ4v) is 4.65. The second kappa shape index (κ2) is 7.32. The van der Waals surface area contributed by atoms with Gasteiger partial charge in [0.2, 0.25) is 5.91 Å². The van der Waals surface area contributed by atoms with E-state index >= 15 is 0 Å². The zero-order valence-corrected chi connectivity index (χ0v) is 17.1. The Labute approximate surface area is 177 Å². The lowest BCUT2D eigenvalue weighted by atomic mass is 9.68. The van der Waals surface area contributed by atoms with Crippen LogP contribution in [-0.4, -0.2) is 11.7 Å². The summed E-state index contributed by atoms with van der Waals surface area (Å²) >= 11 is 0. The molecule has 1 aliphatic heterocycles. The molecule has 0 radical (unpaired) electrons. The molecule has 2 aromatic rings. The first kappa shape index (κ1) is 21.3. The number of carbonyl (C=O) groups is 2. The third-order valence-electron chi connectivity index (χ3n) is 5.85. The van der Waals surface area contributed by atoms with Crippen molar-refractivity contribution in [2.24, 2.45) is 5.41 Å². The summed E-state index contributed by atoms with van der Waals surface area (Å²) < 4.78 is 55.0. The van der Waals surface area contributed by atoms with Gasteiger partial charge in [0.05, 0.1) is 11.3 Å². The number of hydrogen-bond donors (Lipinski definition) is 0. The number of amides is 1. The summed E-state index contributed by atoms with van der Waals surface area (Å²) in [6, 6.07) is 10.5. The van der Waals surface area contributed by atoms with E-state index in [4.69, 9.17) is 0 Å². The highest BCUT2D eigenvalue weighted by Gasteiger charge is 2.46. The number of benzene rings is 2. The van der Waals surface area contributed by atoms with Gasteiger partial charge in [0.25, 0.3) is 0 Å². The Hall–Kier alpha value is -2.96. The summed E-state index contributed by atoms with van der Waals surface area (Å²) in [5, 5.41) is 0. The minimum atomic E-state index is -4.61. The summed E-state index contributed by atoms with van der Waals surface area (Å²) in [5.74, 6) is -2.27. The molecule has 4 rings (SSSR count). The predicted octanol–water partition coefficient (Wildman–Crippen LogP) is 6.01. The summed E-state index contributed by atoms with van der Waals surface area (Å²) in [4.78, 5) is 27.7. The van der Waals surface area contributed by atoms with Crippen molar-refractivity contribution in [1.82, 2.24) is 0 Å². The van der Waals surface area contributed by atoms with Crippen LogP contribution in [0.5, 0.6) is 0 Å². The molecular formula is C24H21F4NO2. The van der Waals surface area contributed by atoms with Crippen molar-refractivity contribution in [1.29, 1.82) is 0 Å². The molecule has 0 fully saturated rings. The molecule has 2 aliphatic rings. The molecule has 1 heterocycles. The molecule has 1 amide bonds.